The summed E-state index contributed by atoms with van der Waals surface area (Å²) in [4.78, 5) is 24.0. The third-order valence-electron chi connectivity index (χ3n) is 3.72. The fraction of sp³-hybridized carbons (Fsp3) is 0.222. The van der Waals surface area contributed by atoms with E-state index in [4.69, 9.17) is 14.2 Å². The summed E-state index contributed by atoms with van der Waals surface area (Å²) in [6.45, 7) is 0.856. The number of nitrogens with one attached hydrogen (secondary N) is 2. The van der Waals surface area contributed by atoms with Crippen molar-refractivity contribution in [2.45, 2.75) is 0 Å². The summed E-state index contributed by atoms with van der Waals surface area (Å²) >= 11 is 0. The number of ether oxygens (including phenoxy) is 3. The fourth-order valence-corrected chi connectivity index (χ4v) is 2.46. The van der Waals surface area contributed by atoms with Gasteiger partial charge in [0.05, 0.1) is 7.11 Å². The molecule has 0 spiro atoms. The number of amides is 2. The average molecular weight is 342 g/mol. The molecule has 7 nitrogen and oxygen atoms in total. The first-order valence-electron chi connectivity index (χ1n) is 7.73. The molecule has 0 saturated carbocycles. The van der Waals surface area contributed by atoms with Crippen LogP contribution >= 0.6 is 0 Å². The fourth-order valence-electron chi connectivity index (χ4n) is 2.46. The highest BCUT2D eigenvalue weighted by Crippen LogP contribution is 2.40. The van der Waals surface area contributed by atoms with Crippen molar-refractivity contribution in [1.29, 1.82) is 0 Å². The third-order valence-corrected chi connectivity index (χ3v) is 3.72. The molecule has 0 fully saturated rings. The molecule has 1 aliphatic heterocycles. The van der Waals surface area contributed by atoms with Crippen LogP contribution in [0, 0.1) is 0 Å². The predicted octanol–water partition coefficient (Wildman–Crippen LogP) is 2.08. The van der Waals surface area contributed by atoms with Crippen LogP contribution in [0.1, 0.15) is 20.7 Å². The Bertz CT molecular complexity index is 785. The first kappa shape index (κ1) is 16.6. The SMILES string of the molecule is CNC(=O)c1ccc(NC(=O)c2cc(OC)c3c(c2)OCCO3)cc1. The van der Waals surface area contributed by atoms with Gasteiger partial charge in [0.25, 0.3) is 11.8 Å². The zero-order valence-corrected chi connectivity index (χ0v) is 13.9. The number of rotatable bonds is 4. The number of hydrogen-bond acceptors (Lipinski definition) is 5. The Morgan fingerprint density at radius 1 is 1.00 bits per heavy atom. The summed E-state index contributed by atoms with van der Waals surface area (Å²) in [6.07, 6.45) is 0. The molecule has 0 unspecified atom stereocenters. The molecule has 130 valence electrons. The highest BCUT2D eigenvalue weighted by molar-refractivity contribution is 6.05. The van der Waals surface area contributed by atoms with Crippen LogP contribution in [0.4, 0.5) is 5.69 Å². The van der Waals surface area contributed by atoms with E-state index in [1.807, 2.05) is 0 Å². The van der Waals surface area contributed by atoms with Gasteiger partial charge in [-0.3, -0.25) is 9.59 Å². The van der Waals surface area contributed by atoms with E-state index in [0.29, 0.717) is 47.3 Å². The molecule has 2 N–H and O–H groups in total. The molecule has 2 aromatic rings. The van der Waals surface area contributed by atoms with Gasteiger partial charge >= 0.3 is 0 Å². The molecule has 1 aliphatic rings. The summed E-state index contributed by atoms with van der Waals surface area (Å²) in [5.41, 5.74) is 1.48. The van der Waals surface area contributed by atoms with Gasteiger partial charge in [-0.25, -0.2) is 0 Å². The summed E-state index contributed by atoms with van der Waals surface area (Å²) < 4.78 is 16.3. The van der Waals surface area contributed by atoms with Crippen molar-refractivity contribution in [3.05, 3.63) is 47.5 Å². The quantitative estimate of drug-likeness (QED) is 0.888. The van der Waals surface area contributed by atoms with Crippen molar-refractivity contribution in [3.63, 3.8) is 0 Å². The van der Waals surface area contributed by atoms with E-state index in [9.17, 15) is 9.59 Å². The molecule has 0 bridgehead atoms. The molecule has 0 saturated heterocycles. The van der Waals surface area contributed by atoms with Gasteiger partial charge in [0.2, 0.25) is 5.75 Å². The number of carbonyl (C=O) groups is 2. The molecule has 0 radical (unpaired) electrons. The van der Waals surface area contributed by atoms with Crippen LogP contribution in [0.2, 0.25) is 0 Å². The average Bonchev–Trinajstić information content (AvgIpc) is 2.67. The minimum atomic E-state index is -0.317. The van der Waals surface area contributed by atoms with Crippen LogP contribution in [0.25, 0.3) is 0 Å². The number of fused-ring (bicyclic) bond motifs is 1. The van der Waals surface area contributed by atoms with Gasteiger partial charge in [0.15, 0.2) is 11.5 Å². The van der Waals surface area contributed by atoms with Gasteiger partial charge in [-0.1, -0.05) is 0 Å². The van der Waals surface area contributed by atoms with E-state index in [1.165, 1.54) is 7.11 Å². The van der Waals surface area contributed by atoms with Crippen LogP contribution < -0.4 is 24.8 Å². The van der Waals surface area contributed by atoms with Crippen LogP contribution in [-0.2, 0) is 0 Å². The lowest BCUT2D eigenvalue weighted by Gasteiger charge is -2.21. The second-order valence-corrected chi connectivity index (χ2v) is 5.31. The summed E-state index contributed by atoms with van der Waals surface area (Å²) in [5.74, 6) is 0.917. The number of carbonyl (C=O) groups excluding carboxylic acids is 2. The topological polar surface area (TPSA) is 85.9 Å². The van der Waals surface area contributed by atoms with E-state index >= 15 is 0 Å². The molecule has 0 atom stereocenters. The van der Waals surface area contributed by atoms with Crippen molar-refractivity contribution in [1.82, 2.24) is 5.32 Å². The highest BCUT2D eigenvalue weighted by Gasteiger charge is 2.21. The van der Waals surface area contributed by atoms with Gasteiger partial charge in [-0.15, -0.1) is 0 Å². The van der Waals surface area contributed by atoms with E-state index < -0.39 is 0 Å². The standard InChI is InChI=1S/C18H18N2O5/c1-19-17(21)11-3-5-13(6-4-11)20-18(22)12-9-14(23-2)16-15(10-12)24-7-8-25-16/h3-6,9-10H,7-8H2,1-2H3,(H,19,21)(H,20,22). The van der Waals surface area contributed by atoms with Gasteiger partial charge in [-0.2, -0.15) is 0 Å². The minimum Gasteiger partial charge on any atom is -0.493 e. The number of anilines is 1. The Labute approximate surface area is 144 Å². The largest absolute Gasteiger partial charge is 0.493 e. The molecule has 25 heavy (non-hydrogen) atoms. The highest BCUT2D eigenvalue weighted by atomic mass is 16.6. The minimum absolute atomic E-state index is 0.186. The molecular weight excluding hydrogens is 324 g/mol. The van der Waals surface area contributed by atoms with E-state index in [-0.39, 0.29) is 11.8 Å². The van der Waals surface area contributed by atoms with Crippen LogP contribution in [0.3, 0.4) is 0 Å². The van der Waals surface area contributed by atoms with Crippen LogP contribution in [0.15, 0.2) is 36.4 Å². The zero-order chi connectivity index (χ0) is 17.8. The Morgan fingerprint density at radius 2 is 1.72 bits per heavy atom. The molecule has 0 aliphatic carbocycles. The lowest BCUT2D eigenvalue weighted by atomic mass is 10.1. The Balaban J connectivity index is 1.80. The number of hydrogen-bond donors (Lipinski definition) is 2. The van der Waals surface area contributed by atoms with E-state index in [2.05, 4.69) is 10.6 Å². The molecular formula is C18H18N2O5. The molecule has 2 aromatic carbocycles. The van der Waals surface area contributed by atoms with Crippen molar-refractivity contribution < 1.29 is 23.8 Å². The smallest absolute Gasteiger partial charge is 0.255 e. The van der Waals surface area contributed by atoms with Gasteiger partial charge in [0, 0.05) is 23.9 Å². The van der Waals surface area contributed by atoms with E-state index in [0.717, 1.165) is 0 Å². The molecule has 1 heterocycles. The maximum atomic E-state index is 12.5. The van der Waals surface area contributed by atoms with Crippen LogP contribution in [-0.4, -0.2) is 39.2 Å². The maximum Gasteiger partial charge on any atom is 0.255 e. The van der Waals surface area contributed by atoms with Crippen molar-refractivity contribution in [2.75, 3.05) is 32.7 Å². The number of benzene rings is 2. The summed E-state index contributed by atoms with van der Waals surface area (Å²) in [6, 6.07) is 9.82. The molecule has 0 aromatic heterocycles. The first-order valence-corrected chi connectivity index (χ1v) is 7.73. The second kappa shape index (κ2) is 7.12. The zero-order valence-electron chi connectivity index (χ0n) is 13.9. The summed E-state index contributed by atoms with van der Waals surface area (Å²) in [7, 11) is 3.07. The Kier molecular flexibility index (Phi) is 4.74. The lowest BCUT2D eigenvalue weighted by molar-refractivity contribution is 0.0962. The lowest BCUT2D eigenvalue weighted by Crippen LogP contribution is -2.18. The molecule has 3 rings (SSSR count). The Hall–Kier alpha value is -3.22. The molecule has 7 heteroatoms. The van der Waals surface area contributed by atoms with Gasteiger partial charge in [0.1, 0.15) is 13.2 Å². The third kappa shape index (κ3) is 3.50. The van der Waals surface area contributed by atoms with Crippen molar-refractivity contribution >= 4 is 17.5 Å². The molecule has 2 amide bonds. The van der Waals surface area contributed by atoms with Crippen molar-refractivity contribution in [2.24, 2.45) is 0 Å². The first-order chi connectivity index (χ1) is 12.1. The summed E-state index contributed by atoms with van der Waals surface area (Å²) in [5, 5.41) is 5.32. The van der Waals surface area contributed by atoms with Crippen LogP contribution in [0.5, 0.6) is 17.2 Å². The van der Waals surface area contributed by atoms with E-state index in [1.54, 1.807) is 43.4 Å². The predicted molar refractivity (Wildman–Crippen MR) is 91.8 cm³/mol. The number of methoxy groups -OCH3 is 1. The monoisotopic (exact) mass is 342 g/mol. The Morgan fingerprint density at radius 3 is 2.40 bits per heavy atom. The second-order valence-electron chi connectivity index (χ2n) is 5.31. The van der Waals surface area contributed by atoms with Gasteiger partial charge in [-0.05, 0) is 36.4 Å². The normalized spacial score (nSPS) is 12.2. The van der Waals surface area contributed by atoms with Crippen molar-refractivity contribution in [3.8, 4) is 17.2 Å². The maximum absolute atomic E-state index is 12.5. The van der Waals surface area contributed by atoms with Gasteiger partial charge < -0.3 is 24.8 Å².